The van der Waals surface area contributed by atoms with Crippen molar-refractivity contribution in [2.45, 2.75) is 6.54 Å². The molecule has 1 fully saturated rings. The van der Waals surface area contributed by atoms with Gasteiger partial charge in [0.15, 0.2) is 0 Å². The lowest BCUT2D eigenvalue weighted by atomic mass is 10.2. The minimum absolute atomic E-state index is 0.252. The maximum atomic E-state index is 12.7. The van der Waals surface area contributed by atoms with E-state index in [4.69, 9.17) is 9.47 Å². The highest BCUT2D eigenvalue weighted by Crippen LogP contribution is 2.33. The van der Waals surface area contributed by atoms with Crippen molar-refractivity contribution < 1.29 is 19.1 Å². The highest BCUT2D eigenvalue weighted by Gasteiger charge is 2.34. The van der Waals surface area contributed by atoms with Crippen molar-refractivity contribution in [3.05, 3.63) is 98.5 Å². The van der Waals surface area contributed by atoms with Crippen molar-refractivity contribution in [3.63, 3.8) is 0 Å². The van der Waals surface area contributed by atoms with Crippen molar-refractivity contribution in [2.24, 2.45) is 0 Å². The molecule has 162 valence electrons. The average Bonchev–Trinajstić information content (AvgIpc) is 3.07. The molecule has 32 heavy (non-hydrogen) atoms. The van der Waals surface area contributed by atoms with Crippen LogP contribution >= 0.6 is 34.4 Å². The number of hydrogen-bond acceptors (Lipinski definition) is 5. The number of imide groups is 1. The van der Waals surface area contributed by atoms with Gasteiger partial charge >= 0.3 is 0 Å². The Morgan fingerprint density at radius 2 is 1.44 bits per heavy atom. The van der Waals surface area contributed by atoms with E-state index in [1.54, 1.807) is 6.08 Å². The number of ether oxygens (including phenoxy) is 2. The standard InChI is InChI=1S/C25H20INO4S/c26-20-10-6-19(7-11-20)17-27-24(28)23(32-25(27)29)16-18-8-12-22(13-9-18)31-15-14-30-21-4-2-1-3-5-21/h1-13,16H,14-15,17H2/b23-16-. The minimum Gasteiger partial charge on any atom is -0.490 e. The molecule has 0 spiro atoms. The third kappa shape index (κ3) is 5.92. The van der Waals surface area contributed by atoms with E-state index in [1.807, 2.05) is 78.9 Å². The van der Waals surface area contributed by atoms with Gasteiger partial charge in [-0.1, -0.05) is 42.5 Å². The van der Waals surface area contributed by atoms with Gasteiger partial charge in [-0.3, -0.25) is 14.5 Å². The third-order valence-corrected chi connectivity index (χ3v) is 6.30. The first kappa shape index (κ1) is 22.4. The largest absolute Gasteiger partial charge is 0.490 e. The molecule has 0 aliphatic carbocycles. The fourth-order valence-electron chi connectivity index (χ4n) is 3.06. The SMILES string of the molecule is O=C1S/C(=C\c2ccc(OCCOc3ccccc3)cc2)C(=O)N1Cc1ccc(I)cc1. The van der Waals surface area contributed by atoms with Gasteiger partial charge in [0.2, 0.25) is 0 Å². The second-order valence-corrected chi connectivity index (χ2v) is 9.21. The average molecular weight is 557 g/mol. The molecule has 0 aromatic heterocycles. The van der Waals surface area contributed by atoms with E-state index in [2.05, 4.69) is 22.6 Å². The Balaban J connectivity index is 1.31. The highest BCUT2D eigenvalue weighted by molar-refractivity contribution is 14.1. The summed E-state index contributed by atoms with van der Waals surface area (Å²) >= 11 is 3.19. The number of para-hydroxylation sites is 1. The summed E-state index contributed by atoms with van der Waals surface area (Å²) in [6.07, 6.45) is 1.74. The summed E-state index contributed by atoms with van der Waals surface area (Å²) in [6.45, 7) is 1.14. The molecule has 1 aliphatic heterocycles. The number of benzene rings is 3. The summed E-state index contributed by atoms with van der Waals surface area (Å²) in [5.74, 6) is 1.25. The van der Waals surface area contributed by atoms with E-state index in [0.29, 0.717) is 23.9 Å². The van der Waals surface area contributed by atoms with Crippen molar-refractivity contribution in [3.8, 4) is 11.5 Å². The molecule has 0 bridgehead atoms. The van der Waals surface area contributed by atoms with Crippen LogP contribution in [0.25, 0.3) is 6.08 Å². The van der Waals surface area contributed by atoms with Crippen molar-refractivity contribution in [1.82, 2.24) is 4.90 Å². The maximum Gasteiger partial charge on any atom is 0.293 e. The Kier molecular flexibility index (Phi) is 7.49. The molecular weight excluding hydrogens is 537 g/mol. The molecular formula is C25H20INO4S. The monoisotopic (exact) mass is 557 g/mol. The molecule has 0 unspecified atom stereocenters. The summed E-state index contributed by atoms with van der Waals surface area (Å²) in [7, 11) is 0. The smallest absolute Gasteiger partial charge is 0.293 e. The van der Waals surface area contributed by atoms with Crippen LogP contribution < -0.4 is 9.47 Å². The molecule has 3 aromatic carbocycles. The lowest BCUT2D eigenvalue weighted by Crippen LogP contribution is -2.27. The van der Waals surface area contributed by atoms with Crippen molar-refractivity contribution in [2.75, 3.05) is 13.2 Å². The molecule has 7 heteroatoms. The normalized spacial score (nSPS) is 14.8. The van der Waals surface area contributed by atoms with E-state index < -0.39 is 0 Å². The van der Waals surface area contributed by atoms with Gasteiger partial charge in [0.1, 0.15) is 24.7 Å². The third-order valence-electron chi connectivity index (χ3n) is 4.67. The topological polar surface area (TPSA) is 55.8 Å². The summed E-state index contributed by atoms with van der Waals surface area (Å²) in [5.41, 5.74) is 1.75. The van der Waals surface area contributed by atoms with E-state index in [0.717, 1.165) is 32.2 Å². The van der Waals surface area contributed by atoms with Crippen LogP contribution in [0.4, 0.5) is 4.79 Å². The second-order valence-electron chi connectivity index (χ2n) is 6.97. The molecule has 0 atom stereocenters. The molecule has 1 aliphatic rings. The van der Waals surface area contributed by atoms with Gasteiger partial charge in [-0.2, -0.15) is 0 Å². The first-order valence-electron chi connectivity index (χ1n) is 9.99. The number of amides is 2. The molecule has 3 aromatic rings. The van der Waals surface area contributed by atoms with Gasteiger partial charge in [0.25, 0.3) is 11.1 Å². The van der Waals surface area contributed by atoms with Crippen LogP contribution in [0.3, 0.4) is 0 Å². The first-order chi connectivity index (χ1) is 15.6. The zero-order valence-electron chi connectivity index (χ0n) is 17.1. The number of thioether (sulfide) groups is 1. The minimum atomic E-state index is -0.267. The molecule has 4 rings (SSSR count). The van der Waals surface area contributed by atoms with Gasteiger partial charge in [0.05, 0.1) is 11.4 Å². The molecule has 5 nitrogen and oxygen atoms in total. The van der Waals surface area contributed by atoms with Crippen molar-refractivity contribution in [1.29, 1.82) is 0 Å². The van der Waals surface area contributed by atoms with Gasteiger partial charge in [-0.25, -0.2) is 0 Å². The van der Waals surface area contributed by atoms with Crippen LogP contribution in [0.15, 0.2) is 83.8 Å². The number of rotatable bonds is 8. The van der Waals surface area contributed by atoms with E-state index in [9.17, 15) is 9.59 Å². The van der Waals surface area contributed by atoms with Gasteiger partial charge in [-0.05, 0) is 88.0 Å². The lowest BCUT2D eigenvalue weighted by molar-refractivity contribution is -0.123. The maximum absolute atomic E-state index is 12.7. The lowest BCUT2D eigenvalue weighted by Gasteiger charge is -2.12. The molecule has 1 saturated heterocycles. The summed E-state index contributed by atoms with van der Waals surface area (Å²) in [4.78, 5) is 26.8. The van der Waals surface area contributed by atoms with Crippen LogP contribution in [0.5, 0.6) is 11.5 Å². The first-order valence-corrected chi connectivity index (χ1v) is 11.9. The Labute approximate surface area is 204 Å². The Bertz CT molecular complexity index is 1110. The van der Waals surface area contributed by atoms with Gasteiger partial charge in [-0.15, -0.1) is 0 Å². The van der Waals surface area contributed by atoms with E-state index >= 15 is 0 Å². The van der Waals surface area contributed by atoms with Crippen LogP contribution in [-0.2, 0) is 11.3 Å². The predicted octanol–water partition coefficient (Wildman–Crippen LogP) is 5.99. The van der Waals surface area contributed by atoms with Gasteiger partial charge < -0.3 is 9.47 Å². The number of carbonyl (C=O) groups is 2. The fraction of sp³-hybridized carbons (Fsp3) is 0.120. The summed E-state index contributed by atoms with van der Waals surface area (Å²) in [5, 5.41) is -0.252. The number of carbonyl (C=O) groups excluding carboxylic acids is 2. The molecule has 0 saturated carbocycles. The highest BCUT2D eigenvalue weighted by atomic mass is 127. The summed E-state index contributed by atoms with van der Waals surface area (Å²) in [6, 6.07) is 24.8. The molecule has 2 amide bonds. The Hall–Kier alpha value is -2.78. The van der Waals surface area contributed by atoms with E-state index in [1.165, 1.54) is 4.90 Å². The van der Waals surface area contributed by atoms with Crippen LogP contribution in [-0.4, -0.2) is 29.3 Å². The molecule has 1 heterocycles. The number of hydrogen-bond donors (Lipinski definition) is 0. The molecule has 0 N–H and O–H groups in total. The van der Waals surface area contributed by atoms with Crippen molar-refractivity contribution >= 4 is 51.6 Å². The van der Waals surface area contributed by atoms with Crippen LogP contribution in [0, 0.1) is 3.57 Å². The van der Waals surface area contributed by atoms with Crippen LogP contribution in [0.2, 0.25) is 0 Å². The number of halogens is 1. The van der Waals surface area contributed by atoms with E-state index in [-0.39, 0.29) is 17.7 Å². The zero-order valence-corrected chi connectivity index (χ0v) is 20.0. The second kappa shape index (κ2) is 10.7. The van der Waals surface area contributed by atoms with Gasteiger partial charge in [0, 0.05) is 3.57 Å². The van der Waals surface area contributed by atoms with Crippen LogP contribution in [0.1, 0.15) is 11.1 Å². The number of nitrogens with zero attached hydrogens (tertiary/aromatic N) is 1. The quantitative estimate of drug-likeness (QED) is 0.194. The zero-order chi connectivity index (χ0) is 22.3. The Morgan fingerprint density at radius 1 is 0.812 bits per heavy atom. The molecule has 0 radical (unpaired) electrons. The fourth-order valence-corrected chi connectivity index (χ4v) is 4.25. The predicted molar refractivity (Wildman–Crippen MR) is 135 cm³/mol. The Morgan fingerprint density at radius 3 is 2.09 bits per heavy atom. The summed E-state index contributed by atoms with van der Waals surface area (Å²) < 4.78 is 12.4.